The van der Waals surface area contributed by atoms with E-state index in [0.29, 0.717) is 17.9 Å². The lowest BCUT2D eigenvalue weighted by atomic mass is 9.73. The van der Waals surface area contributed by atoms with Crippen LogP contribution in [-0.2, 0) is 11.3 Å². The van der Waals surface area contributed by atoms with Gasteiger partial charge >= 0.3 is 0 Å². The van der Waals surface area contributed by atoms with E-state index in [1.165, 1.54) is 21.2 Å². The lowest BCUT2D eigenvalue weighted by molar-refractivity contribution is 0.00212. The maximum absolute atomic E-state index is 12.6. The Balaban J connectivity index is 1.25. The van der Waals surface area contributed by atoms with E-state index in [-0.39, 0.29) is 11.5 Å². The number of likely N-dealkylation sites (tertiary alicyclic amines) is 1. The number of aryl methyl sites for hydroxylation is 3. The molecule has 7 heteroatoms. The molecule has 3 aliphatic heterocycles. The van der Waals surface area contributed by atoms with Gasteiger partial charge in [-0.2, -0.15) is 0 Å². The lowest BCUT2D eigenvalue weighted by Crippen LogP contribution is -2.41. The molecule has 5 rings (SSSR count). The Bertz CT molecular complexity index is 888. The number of ether oxygens (including phenoxy) is 1. The number of hydrogen-bond acceptors (Lipinski definition) is 6. The number of thiophene rings is 1. The standard InChI is InChI=1S/C21H27N3O2S2/c1-12-5-7-27-19(12)20(25)22-8-15-16-9-24(10-18-23-13(2)14(3)28-18)11-21(16)6-4-17(15)26-21/h5,7,15-17H,4,6,8-11H2,1-3H3,(H,22,25)/t15-,16+,17+,21+/m0/s1. The minimum Gasteiger partial charge on any atom is -0.370 e. The van der Waals surface area contributed by atoms with Gasteiger partial charge in [0.15, 0.2) is 0 Å². The first-order valence-electron chi connectivity index (χ1n) is 10.1. The van der Waals surface area contributed by atoms with Crippen LogP contribution in [-0.4, -0.2) is 47.1 Å². The van der Waals surface area contributed by atoms with Gasteiger partial charge in [-0.25, -0.2) is 4.98 Å². The summed E-state index contributed by atoms with van der Waals surface area (Å²) in [4.78, 5) is 21.9. The van der Waals surface area contributed by atoms with Crippen molar-refractivity contribution >= 4 is 28.6 Å². The Morgan fingerprint density at radius 3 is 3.00 bits per heavy atom. The summed E-state index contributed by atoms with van der Waals surface area (Å²) in [5.74, 6) is 0.994. The molecule has 0 saturated carbocycles. The SMILES string of the molecule is Cc1ccsc1C(=O)NC[C@H]1[C@H]2CN(Cc3nc(C)c(C)s3)C[C@]23CC[C@H]1O3. The van der Waals surface area contributed by atoms with Crippen LogP contribution in [0.15, 0.2) is 11.4 Å². The Morgan fingerprint density at radius 2 is 2.29 bits per heavy atom. The molecule has 28 heavy (non-hydrogen) atoms. The summed E-state index contributed by atoms with van der Waals surface area (Å²) in [7, 11) is 0. The molecule has 1 amide bonds. The Kier molecular flexibility index (Phi) is 4.62. The van der Waals surface area contributed by atoms with Crippen molar-refractivity contribution in [3.63, 3.8) is 0 Å². The second-order valence-electron chi connectivity index (χ2n) is 8.59. The number of nitrogens with one attached hydrogen (secondary N) is 1. The summed E-state index contributed by atoms with van der Waals surface area (Å²) in [6.45, 7) is 9.92. The molecule has 0 radical (unpaired) electrons. The molecule has 5 nitrogen and oxygen atoms in total. The average Bonchev–Trinajstić information content (AvgIpc) is 3.42. The fourth-order valence-corrected chi connectivity index (χ4v) is 7.19. The minimum atomic E-state index is 0.000256. The predicted octanol–water partition coefficient (Wildman–Crippen LogP) is 3.54. The Labute approximate surface area is 174 Å². The summed E-state index contributed by atoms with van der Waals surface area (Å²) in [5, 5.41) is 6.39. The van der Waals surface area contributed by atoms with Crippen molar-refractivity contribution in [3.05, 3.63) is 37.5 Å². The van der Waals surface area contributed by atoms with Gasteiger partial charge in [0.25, 0.3) is 5.91 Å². The molecular formula is C21H27N3O2S2. The molecule has 0 aliphatic carbocycles. The van der Waals surface area contributed by atoms with Crippen molar-refractivity contribution in [3.8, 4) is 0 Å². The number of carbonyl (C=O) groups is 1. The summed E-state index contributed by atoms with van der Waals surface area (Å²) in [5.41, 5.74) is 2.21. The summed E-state index contributed by atoms with van der Waals surface area (Å²) in [6, 6.07) is 2.01. The summed E-state index contributed by atoms with van der Waals surface area (Å²) < 4.78 is 6.53. The fourth-order valence-electron chi connectivity index (χ4n) is 5.37. The van der Waals surface area contributed by atoms with E-state index in [1.54, 1.807) is 0 Å². The van der Waals surface area contributed by atoms with E-state index in [0.717, 1.165) is 55.2 Å². The molecule has 5 heterocycles. The van der Waals surface area contributed by atoms with Gasteiger partial charge < -0.3 is 10.1 Å². The van der Waals surface area contributed by atoms with Crippen LogP contribution in [0.3, 0.4) is 0 Å². The molecule has 1 spiro atoms. The van der Waals surface area contributed by atoms with E-state index >= 15 is 0 Å². The molecule has 2 bridgehead atoms. The zero-order valence-corrected chi connectivity index (χ0v) is 18.3. The maximum Gasteiger partial charge on any atom is 0.261 e. The van der Waals surface area contributed by atoms with Crippen molar-refractivity contribution in [2.45, 2.75) is 51.9 Å². The maximum atomic E-state index is 12.6. The van der Waals surface area contributed by atoms with Gasteiger partial charge in [0.2, 0.25) is 0 Å². The van der Waals surface area contributed by atoms with E-state index < -0.39 is 0 Å². The van der Waals surface area contributed by atoms with Gasteiger partial charge in [0, 0.05) is 36.3 Å². The zero-order chi connectivity index (χ0) is 19.5. The molecule has 150 valence electrons. The molecule has 3 saturated heterocycles. The predicted molar refractivity (Wildman–Crippen MR) is 112 cm³/mol. The number of nitrogens with zero attached hydrogens (tertiary/aromatic N) is 2. The first-order valence-corrected chi connectivity index (χ1v) is 11.8. The minimum absolute atomic E-state index is 0.000256. The number of thiazole rings is 1. The van der Waals surface area contributed by atoms with Crippen LogP contribution in [0, 0.1) is 32.6 Å². The smallest absolute Gasteiger partial charge is 0.261 e. The highest BCUT2D eigenvalue weighted by Gasteiger charge is 2.62. The summed E-state index contributed by atoms with van der Waals surface area (Å²) >= 11 is 3.33. The van der Waals surface area contributed by atoms with E-state index in [2.05, 4.69) is 24.1 Å². The second-order valence-corrected chi connectivity index (χ2v) is 10.8. The van der Waals surface area contributed by atoms with Crippen molar-refractivity contribution in [1.29, 1.82) is 0 Å². The highest BCUT2D eigenvalue weighted by atomic mass is 32.1. The first kappa shape index (κ1) is 18.7. The van der Waals surface area contributed by atoms with Crippen molar-refractivity contribution in [1.82, 2.24) is 15.2 Å². The van der Waals surface area contributed by atoms with Gasteiger partial charge in [-0.1, -0.05) is 0 Å². The van der Waals surface area contributed by atoms with Gasteiger partial charge in [-0.3, -0.25) is 9.69 Å². The third-order valence-electron chi connectivity index (χ3n) is 6.85. The zero-order valence-electron chi connectivity index (χ0n) is 16.7. The lowest BCUT2D eigenvalue weighted by Gasteiger charge is -2.29. The third-order valence-corrected chi connectivity index (χ3v) is 8.93. The Hall–Kier alpha value is -1.28. The topological polar surface area (TPSA) is 54.5 Å². The largest absolute Gasteiger partial charge is 0.370 e. The van der Waals surface area contributed by atoms with Crippen LogP contribution in [0.2, 0.25) is 0 Å². The van der Waals surface area contributed by atoms with Crippen molar-refractivity contribution in [2.75, 3.05) is 19.6 Å². The highest BCUT2D eigenvalue weighted by Crippen LogP contribution is 2.54. The van der Waals surface area contributed by atoms with Gasteiger partial charge in [0.05, 0.1) is 28.8 Å². The molecule has 1 N–H and O–H groups in total. The first-order chi connectivity index (χ1) is 13.4. The monoisotopic (exact) mass is 417 g/mol. The number of amides is 1. The van der Waals surface area contributed by atoms with Crippen LogP contribution in [0.1, 0.15) is 43.7 Å². The molecule has 2 aromatic rings. The van der Waals surface area contributed by atoms with Crippen LogP contribution < -0.4 is 5.32 Å². The van der Waals surface area contributed by atoms with Crippen LogP contribution in [0.4, 0.5) is 0 Å². The molecule has 3 fully saturated rings. The number of fused-ring (bicyclic) bond motifs is 1. The van der Waals surface area contributed by atoms with Crippen LogP contribution >= 0.6 is 22.7 Å². The van der Waals surface area contributed by atoms with E-state index in [4.69, 9.17) is 9.72 Å². The average molecular weight is 418 g/mol. The van der Waals surface area contributed by atoms with Gasteiger partial charge in [-0.05, 0) is 50.6 Å². The number of hydrogen-bond donors (Lipinski definition) is 1. The van der Waals surface area contributed by atoms with E-state index in [1.807, 2.05) is 29.7 Å². The fraction of sp³-hybridized carbons (Fsp3) is 0.619. The number of rotatable bonds is 5. The summed E-state index contributed by atoms with van der Waals surface area (Å²) in [6.07, 6.45) is 2.59. The van der Waals surface area contributed by atoms with Crippen LogP contribution in [0.5, 0.6) is 0 Å². The molecular weight excluding hydrogens is 390 g/mol. The van der Waals surface area contributed by atoms with Crippen molar-refractivity contribution in [2.24, 2.45) is 11.8 Å². The van der Waals surface area contributed by atoms with E-state index in [9.17, 15) is 4.79 Å². The molecule has 0 aromatic carbocycles. The van der Waals surface area contributed by atoms with Crippen LogP contribution in [0.25, 0.3) is 0 Å². The third kappa shape index (κ3) is 3.03. The van der Waals surface area contributed by atoms with Gasteiger partial charge in [-0.15, -0.1) is 22.7 Å². The highest BCUT2D eigenvalue weighted by molar-refractivity contribution is 7.12. The van der Waals surface area contributed by atoms with Crippen molar-refractivity contribution < 1.29 is 9.53 Å². The molecule has 2 aromatic heterocycles. The molecule has 0 unspecified atom stereocenters. The second kappa shape index (κ2) is 6.90. The number of carbonyl (C=O) groups excluding carboxylic acids is 1. The molecule has 4 atom stereocenters. The van der Waals surface area contributed by atoms with Gasteiger partial charge in [0.1, 0.15) is 5.01 Å². The normalized spacial score (nSPS) is 31.5. The molecule has 3 aliphatic rings. The quantitative estimate of drug-likeness (QED) is 0.809. The Morgan fingerprint density at radius 1 is 1.43 bits per heavy atom. The number of aromatic nitrogens is 1.